The second-order valence-corrected chi connectivity index (χ2v) is 7.00. The number of carbonyl (C=O) groups is 3. The third-order valence-corrected chi connectivity index (χ3v) is 4.31. The third kappa shape index (κ3) is 8.39. The average molecular weight is 394 g/mol. The average Bonchev–Trinajstić information content (AvgIpc) is 2.66. The lowest BCUT2D eigenvalue weighted by molar-refractivity contribution is -0.129. The van der Waals surface area contributed by atoms with Gasteiger partial charge in [-0.25, -0.2) is 0 Å². The summed E-state index contributed by atoms with van der Waals surface area (Å²) in [6.45, 7) is 3.41. The van der Waals surface area contributed by atoms with E-state index in [1.807, 2.05) is 0 Å². The first kappa shape index (κ1) is 23.4. The lowest BCUT2D eigenvalue weighted by atomic mass is 9.97. The molecule has 0 saturated heterocycles. The zero-order valence-electron chi connectivity index (χ0n) is 16.4. The van der Waals surface area contributed by atoms with E-state index < -0.39 is 18.6 Å². The summed E-state index contributed by atoms with van der Waals surface area (Å²) in [6.07, 6.45) is 2.27. The first-order valence-corrected chi connectivity index (χ1v) is 9.46. The van der Waals surface area contributed by atoms with Crippen LogP contribution in [0.25, 0.3) is 0 Å². The fourth-order valence-electron chi connectivity index (χ4n) is 2.69. The number of aromatic hydroxyl groups is 2. The maximum absolute atomic E-state index is 12.4. The highest BCUT2D eigenvalue weighted by atomic mass is 16.3. The highest BCUT2D eigenvalue weighted by Gasteiger charge is 2.22. The van der Waals surface area contributed by atoms with Gasteiger partial charge in [0.25, 0.3) is 0 Å². The number of aliphatic hydroxyl groups excluding tert-OH is 1. The fraction of sp³-hybridized carbons (Fsp3) is 0.550. The summed E-state index contributed by atoms with van der Waals surface area (Å²) in [5.41, 5.74) is 0.705. The molecule has 156 valence electrons. The normalized spacial score (nSPS) is 11.9. The van der Waals surface area contributed by atoms with Crippen LogP contribution in [0.15, 0.2) is 18.2 Å². The van der Waals surface area contributed by atoms with Gasteiger partial charge >= 0.3 is 0 Å². The number of aliphatic hydroxyl groups is 1. The van der Waals surface area contributed by atoms with Crippen molar-refractivity contribution in [1.29, 1.82) is 0 Å². The highest BCUT2D eigenvalue weighted by molar-refractivity contribution is 5.90. The van der Waals surface area contributed by atoms with Gasteiger partial charge in [0.15, 0.2) is 17.3 Å². The molecule has 0 bridgehead atoms. The number of rotatable bonds is 12. The summed E-state index contributed by atoms with van der Waals surface area (Å²) in [7, 11) is 0. The number of carbonyl (C=O) groups excluding carboxylic acids is 3. The van der Waals surface area contributed by atoms with Gasteiger partial charge in [-0.3, -0.25) is 14.4 Å². The van der Waals surface area contributed by atoms with Gasteiger partial charge in [0, 0.05) is 18.9 Å². The molecule has 8 heteroatoms. The Balaban J connectivity index is 2.50. The van der Waals surface area contributed by atoms with E-state index in [4.69, 9.17) is 5.11 Å². The molecule has 1 aromatic rings. The Morgan fingerprint density at radius 3 is 2.36 bits per heavy atom. The van der Waals surface area contributed by atoms with Gasteiger partial charge in [-0.05, 0) is 43.4 Å². The largest absolute Gasteiger partial charge is 0.504 e. The molecule has 8 nitrogen and oxygen atoms in total. The lowest BCUT2D eigenvalue weighted by Gasteiger charge is -2.20. The Hall–Kier alpha value is -2.61. The Morgan fingerprint density at radius 1 is 1.04 bits per heavy atom. The smallest absolute Gasteiger partial charge is 0.245 e. The maximum Gasteiger partial charge on any atom is 0.245 e. The van der Waals surface area contributed by atoms with Gasteiger partial charge in [-0.15, -0.1) is 0 Å². The Labute approximate surface area is 165 Å². The van der Waals surface area contributed by atoms with Crippen molar-refractivity contribution in [2.45, 2.75) is 52.0 Å². The molecule has 2 amide bonds. The molecule has 28 heavy (non-hydrogen) atoms. The van der Waals surface area contributed by atoms with E-state index >= 15 is 0 Å². The first-order chi connectivity index (χ1) is 13.2. The molecule has 0 aliphatic rings. The molecular weight excluding hydrogens is 364 g/mol. The topological polar surface area (TPSA) is 136 Å². The van der Waals surface area contributed by atoms with Crippen molar-refractivity contribution < 1.29 is 29.7 Å². The van der Waals surface area contributed by atoms with Crippen molar-refractivity contribution in [2.75, 3.05) is 13.2 Å². The van der Waals surface area contributed by atoms with Crippen LogP contribution in [-0.4, -0.2) is 52.1 Å². The lowest BCUT2D eigenvalue weighted by Crippen LogP contribution is -2.42. The minimum absolute atomic E-state index is 0.0463. The number of phenols is 2. The molecule has 0 radical (unpaired) electrons. The number of aryl methyl sites for hydroxylation is 1. The van der Waals surface area contributed by atoms with Gasteiger partial charge in [0.1, 0.15) is 6.61 Å². The number of unbranched alkanes of at least 4 members (excludes halogenated alkanes) is 1. The summed E-state index contributed by atoms with van der Waals surface area (Å²) < 4.78 is 0. The molecule has 0 fully saturated rings. The summed E-state index contributed by atoms with van der Waals surface area (Å²) in [4.78, 5) is 35.6. The molecule has 0 saturated carbocycles. The Bertz CT molecular complexity index is 675. The second-order valence-electron chi connectivity index (χ2n) is 7.00. The van der Waals surface area contributed by atoms with Crippen LogP contribution in [0.4, 0.5) is 0 Å². The SMILES string of the molecule is CC(C)C(=O)[C@H](CCCCNC(=O)CO)NC(=O)CCc1ccc(O)c(O)c1. The number of phenolic OH excluding ortho intramolecular Hbond substituents is 2. The monoisotopic (exact) mass is 394 g/mol. The molecule has 5 N–H and O–H groups in total. The van der Waals surface area contributed by atoms with Gasteiger partial charge in [-0.1, -0.05) is 19.9 Å². The van der Waals surface area contributed by atoms with E-state index in [1.54, 1.807) is 19.9 Å². The minimum atomic E-state index is -0.589. The van der Waals surface area contributed by atoms with E-state index in [-0.39, 0.29) is 35.5 Å². The van der Waals surface area contributed by atoms with Crippen molar-refractivity contribution >= 4 is 17.6 Å². The van der Waals surface area contributed by atoms with E-state index in [0.717, 1.165) is 0 Å². The summed E-state index contributed by atoms with van der Waals surface area (Å²) in [5.74, 6) is -1.42. The van der Waals surface area contributed by atoms with E-state index in [2.05, 4.69) is 10.6 Å². The van der Waals surface area contributed by atoms with Crippen LogP contribution >= 0.6 is 0 Å². The summed E-state index contributed by atoms with van der Waals surface area (Å²) in [5, 5.41) is 32.8. The van der Waals surface area contributed by atoms with E-state index in [0.29, 0.717) is 37.8 Å². The summed E-state index contributed by atoms with van der Waals surface area (Å²) >= 11 is 0. The molecule has 0 unspecified atom stereocenters. The maximum atomic E-state index is 12.4. The van der Waals surface area contributed by atoms with Crippen LogP contribution < -0.4 is 10.6 Å². The van der Waals surface area contributed by atoms with Gasteiger partial charge in [0.05, 0.1) is 6.04 Å². The first-order valence-electron chi connectivity index (χ1n) is 9.46. The van der Waals surface area contributed by atoms with Gasteiger partial charge in [0.2, 0.25) is 11.8 Å². The minimum Gasteiger partial charge on any atom is -0.504 e. The predicted molar refractivity (Wildman–Crippen MR) is 104 cm³/mol. The van der Waals surface area contributed by atoms with Crippen LogP contribution in [-0.2, 0) is 20.8 Å². The predicted octanol–water partition coefficient (Wildman–Crippen LogP) is 1.02. The van der Waals surface area contributed by atoms with Crippen LogP contribution in [0.3, 0.4) is 0 Å². The van der Waals surface area contributed by atoms with Crippen LogP contribution in [0.1, 0.15) is 45.1 Å². The number of hydrogen-bond acceptors (Lipinski definition) is 6. The van der Waals surface area contributed by atoms with Gasteiger partial charge in [-0.2, -0.15) is 0 Å². The summed E-state index contributed by atoms with van der Waals surface area (Å²) in [6, 6.07) is 3.80. The second kappa shape index (κ2) is 12.0. The molecule has 1 rings (SSSR count). The van der Waals surface area contributed by atoms with Crippen molar-refractivity contribution in [3.8, 4) is 11.5 Å². The van der Waals surface area contributed by atoms with E-state index in [9.17, 15) is 24.6 Å². The standard InChI is InChI=1S/C20H30N2O6/c1-13(2)20(28)15(5-3-4-10-21-19(27)12-23)22-18(26)9-7-14-6-8-16(24)17(25)11-14/h6,8,11,13,15,23-25H,3-5,7,9-10,12H2,1-2H3,(H,21,27)(H,22,26)/t15-/m0/s1. The number of nitrogens with one attached hydrogen (secondary N) is 2. The zero-order chi connectivity index (χ0) is 21.1. The number of Topliss-reactive ketones (excluding diaryl/α,β-unsaturated/α-hetero) is 1. The van der Waals surface area contributed by atoms with Crippen molar-refractivity contribution in [1.82, 2.24) is 10.6 Å². The number of benzene rings is 1. The molecule has 0 aromatic heterocycles. The van der Waals surface area contributed by atoms with E-state index in [1.165, 1.54) is 12.1 Å². The Morgan fingerprint density at radius 2 is 1.75 bits per heavy atom. The van der Waals surface area contributed by atoms with Crippen LogP contribution in [0.2, 0.25) is 0 Å². The van der Waals surface area contributed by atoms with Crippen LogP contribution in [0.5, 0.6) is 11.5 Å². The van der Waals surface area contributed by atoms with Crippen LogP contribution in [0, 0.1) is 5.92 Å². The fourth-order valence-corrected chi connectivity index (χ4v) is 2.69. The van der Waals surface area contributed by atoms with Crippen molar-refractivity contribution in [3.63, 3.8) is 0 Å². The van der Waals surface area contributed by atoms with Crippen molar-refractivity contribution in [3.05, 3.63) is 23.8 Å². The zero-order valence-corrected chi connectivity index (χ0v) is 16.4. The van der Waals surface area contributed by atoms with Crippen molar-refractivity contribution in [2.24, 2.45) is 5.92 Å². The molecule has 0 spiro atoms. The molecule has 0 heterocycles. The highest BCUT2D eigenvalue weighted by Crippen LogP contribution is 2.25. The molecule has 0 aliphatic carbocycles. The Kier molecular flexibility index (Phi) is 10.0. The number of amides is 2. The number of hydrogen-bond donors (Lipinski definition) is 5. The molecular formula is C20H30N2O6. The molecule has 0 aliphatic heterocycles. The molecule has 1 aromatic carbocycles. The number of ketones is 1. The third-order valence-electron chi connectivity index (χ3n) is 4.31. The van der Waals surface area contributed by atoms with Gasteiger partial charge < -0.3 is 26.0 Å². The molecule has 1 atom stereocenters. The quantitative estimate of drug-likeness (QED) is 0.265.